The summed E-state index contributed by atoms with van der Waals surface area (Å²) in [5, 5.41) is 3.46. The van der Waals surface area contributed by atoms with Crippen LogP contribution in [0, 0.1) is 0 Å². The van der Waals surface area contributed by atoms with E-state index in [4.69, 9.17) is 16.0 Å². The van der Waals surface area contributed by atoms with E-state index in [0.717, 1.165) is 16.9 Å². The number of nitrogens with zero attached hydrogens (tertiary/aromatic N) is 4. The zero-order chi connectivity index (χ0) is 14.9. The highest BCUT2D eigenvalue weighted by Gasteiger charge is 2.21. The standard InChI is InChI=1S/C15H16ClN5O/c16-15-19-13(17-8-11-6-3-7-22-11)12-14(20-15)21(9-18-12)10-4-1-2-5-10/h3,6-7,9-10H,1-2,4-5,8H2,(H,17,19,20). The summed E-state index contributed by atoms with van der Waals surface area (Å²) < 4.78 is 7.45. The first-order chi connectivity index (χ1) is 10.8. The van der Waals surface area contributed by atoms with Gasteiger partial charge in [0.15, 0.2) is 17.0 Å². The van der Waals surface area contributed by atoms with E-state index in [1.165, 1.54) is 25.7 Å². The lowest BCUT2D eigenvalue weighted by molar-refractivity contribution is 0.518. The lowest BCUT2D eigenvalue weighted by atomic mass is 10.2. The Balaban J connectivity index is 1.68. The molecule has 0 aliphatic heterocycles. The van der Waals surface area contributed by atoms with Crippen LogP contribution in [0.4, 0.5) is 5.82 Å². The summed E-state index contributed by atoms with van der Waals surface area (Å²) in [6.07, 6.45) is 8.35. The zero-order valence-electron chi connectivity index (χ0n) is 12.0. The van der Waals surface area contributed by atoms with E-state index in [1.54, 1.807) is 6.26 Å². The van der Waals surface area contributed by atoms with Crippen molar-refractivity contribution in [2.45, 2.75) is 38.3 Å². The Morgan fingerprint density at radius 2 is 2.18 bits per heavy atom. The maximum Gasteiger partial charge on any atom is 0.226 e. The lowest BCUT2D eigenvalue weighted by Crippen LogP contribution is -2.06. The van der Waals surface area contributed by atoms with Gasteiger partial charge < -0.3 is 14.3 Å². The number of hydrogen-bond acceptors (Lipinski definition) is 5. The quantitative estimate of drug-likeness (QED) is 0.741. The van der Waals surface area contributed by atoms with Crippen LogP contribution >= 0.6 is 11.6 Å². The largest absolute Gasteiger partial charge is 0.467 e. The highest BCUT2D eigenvalue weighted by atomic mass is 35.5. The van der Waals surface area contributed by atoms with Gasteiger partial charge in [0.25, 0.3) is 0 Å². The summed E-state index contributed by atoms with van der Waals surface area (Å²) in [5.41, 5.74) is 1.55. The molecule has 0 aromatic carbocycles. The Bertz CT molecular complexity index is 777. The Hall–Kier alpha value is -2.08. The topological polar surface area (TPSA) is 68.8 Å². The third-order valence-corrected chi connectivity index (χ3v) is 4.29. The molecule has 0 amide bonds. The minimum absolute atomic E-state index is 0.231. The van der Waals surface area contributed by atoms with Gasteiger partial charge in [-0.1, -0.05) is 12.8 Å². The normalized spacial score (nSPS) is 15.7. The van der Waals surface area contributed by atoms with Crippen molar-refractivity contribution in [1.82, 2.24) is 19.5 Å². The van der Waals surface area contributed by atoms with Crippen molar-refractivity contribution < 1.29 is 4.42 Å². The van der Waals surface area contributed by atoms with Crippen molar-refractivity contribution in [3.63, 3.8) is 0 Å². The van der Waals surface area contributed by atoms with Gasteiger partial charge in [-0.2, -0.15) is 9.97 Å². The molecule has 114 valence electrons. The number of imidazole rings is 1. The Morgan fingerprint density at radius 1 is 1.32 bits per heavy atom. The van der Waals surface area contributed by atoms with Gasteiger partial charge in [-0.3, -0.25) is 0 Å². The summed E-state index contributed by atoms with van der Waals surface area (Å²) in [4.78, 5) is 13.1. The van der Waals surface area contributed by atoms with E-state index in [1.807, 2.05) is 18.5 Å². The highest BCUT2D eigenvalue weighted by molar-refractivity contribution is 6.28. The van der Waals surface area contributed by atoms with Crippen LogP contribution in [0.5, 0.6) is 0 Å². The highest BCUT2D eigenvalue weighted by Crippen LogP contribution is 2.33. The number of rotatable bonds is 4. The summed E-state index contributed by atoms with van der Waals surface area (Å²) in [6, 6.07) is 4.23. The number of aromatic nitrogens is 4. The fraction of sp³-hybridized carbons (Fsp3) is 0.400. The predicted octanol–water partition coefficient (Wildman–Crippen LogP) is 3.80. The third kappa shape index (κ3) is 2.43. The molecule has 6 nitrogen and oxygen atoms in total. The molecule has 0 bridgehead atoms. The summed E-state index contributed by atoms with van der Waals surface area (Å²) in [7, 11) is 0. The van der Waals surface area contributed by atoms with Crippen molar-refractivity contribution >= 4 is 28.6 Å². The van der Waals surface area contributed by atoms with E-state index in [9.17, 15) is 0 Å². The molecule has 4 rings (SSSR count). The summed E-state index contributed by atoms with van der Waals surface area (Å²) in [5.74, 6) is 1.47. The first-order valence-electron chi connectivity index (χ1n) is 7.47. The smallest absolute Gasteiger partial charge is 0.226 e. The summed E-state index contributed by atoms with van der Waals surface area (Å²) >= 11 is 6.09. The molecule has 22 heavy (non-hydrogen) atoms. The maximum absolute atomic E-state index is 6.09. The van der Waals surface area contributed by atoms with E-state index < -0.39 is 0 Å². The van der Waals surface area contributed by atoms with E-state index in [-0.39, 0.29) is 5.28 Å². The lowest BCUT2D eigenvalue weighted by Gasteiger charge is -2.12. The fourth-order valence-electron chi connectivity index (χ4n) is 3.05. The third-order valence-electron chi connectivity index (χ3n) is 4.12. The van der Waals surface area contributed by atoms with Crippen molar-refractivity contribution in [1.29, 1.82) is 0 Å². The van der Waals surface area contributed by atoms with E-state index in [0.29, 0.717) is 18.4 Å². The Labute approximate surface area is 132 Å². The molecule has 1 N–H and O–H groups in total. The van der Waals surface area contributed by atoms with Gasteiger partial charge in [0.1, 0.15) is 5.76 Å². The average Bonchev–Trinajstić information content (AvgIpc) is 3.24. The van der Waals surface area contributed by atoms with Crippen LogP contribution in [0.25, 0.3) is 11.2 Å². The van der Waals surface area contributed by atoms with E-state index >= 15 is 0 Å². The van der Waals surface area contributed by atoms with Crippen molar-refractivity contribution in [3.8, 4) is 0 Å². The molecule has 0 spiro atoms. The molecule has 0 unspecified atom stereocenters. The molecule has 1 aliphatic carbocycles. The van der Waals surface area contributed by atoms with Crippen LogP contribution in [0.15, 0.2) is 29.1 Å². The van der Waals surface area contributed by atoms with Gasteiger partial charge >= 0.3 is 0 Å². The zero-order valence-corrected chi connectivity index (χ0v) is 12.8. The van der Waals surface area contributed by atoms with Gasteiger partial charge in [-0.15, -0.1) is 0 Å². The van der Waals surface area contributed by atoms with E-state index in [2.05, 4.69) is 24.8 Å². The minimum atomic E-state index is 0.231. The number of furan rings is 1. The maximum atomic E-state index is 6.09. The second kappa shape index (κ2) is 5.61. The van der Waals surface area contributed by atoms with Crippen molar-refractivity contribution in [3.05, 3.63) is 35.8 Å². The van der Waals surface area contributed by atoms with Crippen LogP contribution in [0.1, 0.15) is 37.5 Å². The van der Waals surface area contributed by atoms with Gasteiger partial charge in [0.05, 0.1) is 19.1 Å². The molecule has 3 aromatic rings. The fourth-order valence-corrected chi connectivity index (χ4v) is 3.21. The molecule has 0 radical (unpaired) electrons. The molecular weight excluding hydrogens is 302 g/mol. The van der Waals surface area contributed by atoms with Gasteiger partial charge in [0.2, 0.25) is 5.28 Å². The number of anilines is 1. The van der Waals surface area contributed by atoms with Gasteiger partial charge in [-0.25, -0.2) is 4.98 Å². The van der Waals surface area contributed by atoms with Crippen LogP contribution in [-0.4, -0.2) is 19.5 Å². The molecule has 1 fully saturated rings. The molecule has 1 aliphatic rings. The van der Waals surface area contributed by atoms with Crippen molar-refractivity contribution in [2.24, 2.45) is 0 Å². The number of nitrogens with one attached hydrogen (secondary N) is 1. The molecule has 1 saturated carbocycles. The van der Waals surface area contributed by atoms with Gasteiger partial charge in [0, 0.05) is 6.04 Å². The van der Waals surface area contributed by atoms with Gasteiger partial charge in [-0.05, 0) is 36.6 Å². The second-order valence-corrected chi connectivity index (χ2v) is 5.87. The van der Waals surface area contributed by atoms with Crippen LogP contribution in [0.3, 0.4) is 0 Å². The number of hydrogen-bond donors (Lipinski definition) is 1. The van der Waals surface area contributed by atoms with Crippen LogP contribution in [-0.2, 0) is 6.54 Å². The molecule has 3 aromatic heterocycles. The second-order valence-electron chi connectivity index (χ2n) is 5.54. The minimum Gasteiger partial charge on any atom is -0.467 e. The summed E-state index contributed by atoms with van der Waals surface area (Å²) in [6.45, 7) is 0.533. The SMILES string of the molecule is Clc1nc(NCc2ccco2)c2ncn(C3CCCC3)c2n1. The molecular formula is C15H16ClN5O. The number of halogens is 1. The first kappa shape index (κ1) is 13.6. The molecule has 0 saturated heterocycles. The average molecular weight is 318 g/mol. The molecule has 7 heteroatoms. The first-order valence-corrected chi connectivity index (χ1v) is 7.85. The van der Waals surface area contributed by atoms with Crippen molar-refractivity contribution in [2.75, 3.05) is 5.32 Å². The predicted molar refractivity (Wildman–Crippen MR) is 83.9 cm³/mol. The van der Waals surface area contributed by atoms with Crippen LogP contribution in [0.2, 0.25) is 5.28 Å². The Kier molecular flexibility index (Phi) is 3.46. The van der Waals surface area contributed by atoms with Crippen LogP contribution < -0.4 is 5.32 Å². The Morgan fingerprint density at radius 3 is 2.95 bits per heavy atom. The molecule has 0 atom stereocenters. The number of fused-ring (bicyclic) bond motifs is 1. The molecule has 3 heterocycles. The monoisotopic (exact) mass is 317 g/mol.